The van der Waals surface area contributed by atoms with Crippen molar-refractivity contribution in [2.75, 3.05) is 20.2 Å². The summed E-state index contributed by atoms with van der Waals surface area (Å²) in [6.45, 7) is 2.60. The number of sulfonamides is 1. The van der Waals surface area contributed by atoms with E-state index in [0.717, 1.165) is 11.5 Å². The van der Waals surface area contributed by atoms with E-state index < -0.39 is 10.0 Å². The molecule has 1 atom stereocenters. The van der Waals surface area contributed by atoms with Crippen LogP contribution in [0.3, 0.4) is 0 Å². The lowest BCUT2D eigenvalue weighted by atomic mass is 10.2. The number of rotatable bonds is 8. The molecule has 118 valence electrons. The number of aliphatic hydroxyl groups excluding tert-OH is 1. The second-order valence-corrected chi connectivity index (χ2v) is 7.68. The molecule has 0 spiro atoms. The Morgan fingerprint density at radius 2 is 2.05 bits per heavy atom. The monoisotopic (exact) mass is 312 g/mol. The van der Waals surface area contributed by atoms with E-state index in [1.807, 2.05) is 12.1 Å². The molecule has 21 heavy (non-hydrogen) atoms. The predicted molar refractivity (Wildman–Crippen MR) is 82.4 cm³/mol. The normalized spacial score (nSPS) is 17.1. The molecule has 0 aromatic heterocycles. The fraction of sp³-hybridized carbons (Fsp3) is 0.600. The van der Waals surface area contributed by atoms with Gasteiger partial charge in [0.1, 0.15) is 0 Å². The van der Waals surface area contributed by atoms with E-state index in [0.29, 0.717) is 17.5 Å². The minimum atomic E-state index is -3.55. The Bertz CT molecular complexity index is 570. The van der Waals surface area contributed by atoms with Crippen molar-refractivity contribution in [3.63, 3.8) is 0 Å². The quantitative estimate of drug-likeness (QED) is 0.756. The zero-order chi connectivity index (χ0) is 15.5. The molecule has 0 amide bonds. The van der Waals surface area contributed by atoms with Crippen molar-refractivity contribution in [3.05, 3.63) is 29.8 Å². The first-order chi connectivity index (χ1) is 9.96. The Kier molecular flexibility index (Phi) is 5.37. The van der Waals surface area contributed by atoms with Crippen molar-refractivity contribution in [3.8, 4) is 0 Å². The highest BCUT2D eigenvalue weighted by Gasteiger charge is 2.28. The minimum absolute atomic E-state index is 0.0998. The maximum absolute atomic E-state index is 12.5. The summed E-state index contributed by atoms with van der Waals surface area (Å²) in [4.78, 5) is 0.316. The summed E-state index contributed by atoms with van der Waals surface area (Å²) in [5, 5.41) is 12.4. The standard InChI is InChI=1S/C15H24N2O3S/c1-12(13-7-8-13)16-11-14-5-3-4-6-15(14)21(19,20)17(2)9-10-18/h3-6,12-13,16,18H,7-11H2,1-2H3. The summed E-state index contributed by atoms with van der Waals surface area (Å²) < 4.78 is 26.2. The topological polar surface area (TPSA) is 69.6 Å². The molecule has 1 aliphatic carbocycles. The second kappa shape index (κ2) is 6.87. The lowest BCUT2D eigenvalue weighted by Gasteiger charge is -2.19. The first-order valence-corrected chi connectivity index (χ1v) is 8.79. The van der Waals surface area contributed by atoms with E-state index in [-0.39, 0.29) is 13.2 Å². The summed E-state index contributed by atoms with van der Waals surface area (Å²) in [5.74, 6) is 0.728. The van der Waals surface area contributed by atoms with Crippen LogP contribution in [0.25, 0.3) is 0 Å². The number of nitrogens with zero attached hydrogens (tertiary/aromatic N) is 1. The van der Waals surface area contributed by atoms with Gasteiger partial charge in [-0.05, 0) is 37.3 Å². The Morgan fingerprint density at radius 3 is 2.67 bits per heavy atom. The molecule has 1 aromatic rings. The fourth-order valence-electron chi connectivity index (χ4n) is 2.36. The molecular weight excluding hydrogens is 288 g/mol. The molecule has 1 saturated carbocycles. The smallest absolute Gasteiger partial charge is 0.243 e. The van der Waals surface area contributed by atoms with E-state index in [9.17, 15) is 8.42 Å². The molecule has 5 nitrogen and oxygen atoms in total. The number of likely N-dealkylation sites (N-methyl/N-ethyl adjacent to an activating group) is 1. The van der Waals surface area contributed by atoms with Crippen LogP contribution < -0.4 is 5.32 Å². The molecule has 0 aliphatic heterocycles. The second-order valence-electron chi connectivity index (χ2n) is 5.66. The number of hydrogen-bond donors (Lipinski definition) is 2. The summed E-state index contributed by atoms with van der Waals surface area (Å²) in [7, 11) is -2.06. The number of aliphatic hydroxyl groups is 1. The highest BCUT2D eigenvalue weighted by molar-refractivity contribution is 7.89. The van der Waals surface area contributed by atoms with Crippen LogP contribution in [-0.2, 0) is 16.6 Å². The summed E-state index contributed by atoms with van der Waals surface area (Å²) in [6, 6.07) is 7.46. The molecule has 2 N–H and O–H groups in total. The maximum Gasteiger partial charge on any atom is 0.243 e. The van der Waals surface area contributed by atoms with Gasteiger partial charge in [0, 0.05) is 26.2 Å². The van der Waals surface area contributed by atoms with Gasteiger partial charge >= 0.3 is 0 Å². The maximum atomic E-state index is 12.5. The Morgan fingerprint density at radius 1 is 1.38 bits per heavy atom. The Balaban J connectivity index is 2.15. The number of nitrogens with one attached hydrogen (secondary N) is 1. The van der Waals surface area contributed by atoms with Gasteiger partial charge in [0.05, 0.1) is 11.5 Å². The van der Waals surface area contributed by atoms with Crippen molar-refractivity contribution < 1.29 is 13.5 Å². The van der Waals surface area contributed by atoms with E-state index in [1.54, 1.807) is 12.1 Å². The van der Waals surface area contributed by atoms with E-state index in [4.69, 9.17) is 5.11 Å². The highest BCUT2D eigenvalue weighted by Crippen LogP contribution is 2.32. The van der Waals surface area contributed by atoms with Gasteiger partial charge < -0.3 is 10.4 Å². The van der Waals surface area contributed by atoms with Crippen LogP contribution in [0, 0.1) is 5.92 Å². The molecule has 1 aliphatic rings. The summed E-state index contributed by atoms with van der Waals surface area (Å²) >= 11 is 0. The first kappa shape index (κ1) is 16.4. The van der Waals surface area contributed by atoms with Gasteiger partial charge in [0.15, 0.2) is 0 Å². The largest absolute Gasteiger partial charge is 0.395 e. The minimum Gasteiger partial charge on any atom is -0.395 e. The Labute approximate surface area is 127 Å². The fourth-order valence-corrected chi connectivity index (χ4v) is 3.74. The van der Waals surface area contributed by atoms with Crippen molar-refractivity contribution in [1.82, 2.24) is 9.62 Å². The lowest BCUT2D eigenvalue weighted by Crippen LogP contribution is -2.32. The van der Waals surface area contributed by atoms with Gasteiger partial charge in [0.2, 0.25) is 10.0 Å². The summed E-state index contributed by atoms with van der Waals surface area (Å²) in [5.41, 5.74) is 0.773. The van der Waals surface area contributed by atoms with E-state index in [2.05, 4.69) is 12.2 Å². The average molecular weight is 312 g/mol. The van der Waals surface area contributed by atoms with Gasteiger partial charge in [-0.25, -0.2) is 8.42 Å². The van der Waals surface area contributed by atoms with Crippen LogP contribution in [-0.4, -0.2) is 44.1 Å². The average Bonchev–Trinajstić information content (AvgIpc) is 3.30. The van der Waals surface area contributed by atoms with Gasteiger partial charge in [-0.3, -0.25) is 0 Å². The van der Waals surface area contributed by atoms with Crippen molar-refractivity contribution in [1.29, 1.82) is 0 Å². The van der Waals surface area contributed by atoms with Crippen LogP contribution in [0.15, 0.2) is 29.2 Å². The third-order valence-electron chi connectivity index (χ3n) is 4.02. The molecule has 1 unspecified atom stereocenters. The highest BCUT2D eigenvalue weighted by atomic mass is 32.2. The third kappa shape index (κ3) is 4.03. The SMILES string of the molecule is CC(NCc1ccccc1S(=O)(=O)N(C)CCO)C1CC1. The molecule has 0 heterocycles. The molecule has 6 heteroatoms. The molecule has 1 fully saturated rings. The van der Waals surface area contributed by atoms with Crippen molar-refractivity contribution in [2.24, 2.45) is 5.92 Å². The molecule has 0 radical (unpaired) electrons. The van der Waals surface area contributed by atoms with Gasteiger partial charge in [-0.1, -0.05) is 18.2 Å². The van der Waals surface area contributed by atoms with Gasteiger partial charge in [-0.15, -0.1) is 0 Å². The van der Waals surface area contributed by atoms with Crippen LogP contribution >= 0.6 is 0 Å². The zero-order valence-corrected chi connectivity index (χ0v) is 13.4. The third-order valence-corrected chi connectivity index (χ3v) is 5.98. The van der Waals surface area contributed by atoms with Gasteiger partial charge in [0.25, 0.3) is 0 Å². The van der Waals surface area contributed by atoms with E-state index >= 15 is 0 Å². The van der Waals surface area contributed by atoms with Crippen LogP contribution in [0.1, 0.15) is 25.3 Å². The molecule has 1 aromatic carbocycles. The van der Waals surface area contributed by atoms with E-state index in [1.165, 1.54) is 24.2 Å². The molecule has 0 saturated heterocycles. The lowest BCUT2D eigenvalue weighted by molar-refractivity contribution is 0.266. The first-order valence-electron chi connectivity index (χ1n) is 7.35. The molecule has 0 bridgehead atoms. The number of hydrogen-bond acceptors (Lipinski definition) is 4. The zero-order valence-electron chi connectivity index (χ0n) is 12.6. The molecule has 2 rings (SSSR count). The number of benzene rings is 1. The predicted octanol–water partition coefficient (Wildman–Crippen LogP) is 1.19. The van der Waals surface area contributed by atoms with Crippen LogP contribution in [0.5, 0.6) is 0 Å². The van der Waals surface area contributed by atoms with Crippen LogP contribution in [0.2, 0.25) is 0 Å². The summed E-state index contributed by atoms with van der Waals surface area (Å²) in [6.07, 6.45) is 2.51. The van der Waals surface area contributed by atoms with Crippen molar-refractivity contribution in [2.45, 2.75) is 37.2 Å². The molecular formula is C15H24N2O3S. The Hall–Kier alpha value is -0.950. The van der Waals surface area contributed by atoms with Crippen LogP contribution in [0.4, 0.5) is 0 Å². The van der Waals surface area contributed by atoms with Crippen molar-refractivity contribution >= 4 is 10.0 Å². The van der Waals surface area contributed by atoms with Gasteiger partial charge in [-0.2, -0.15) is 4.31 Å².